The average Bonchev–Trinajstić information content (AvgIpc) is 2.81. The van der Waals surface area contributed by atoms with Crippen LogP contribution >= 0.6 is 11.8 Å². The van der Waals surface area contributed by atoms with E-state index in [9.17, 15) is 0 Å². The molecule has 0 unspecified atom stereocenters. The van der Waals surface area contributed by atoms with Gasteiger partial charge in [-0.05, 0) is 36.8 Å². The summed E-state index contributed by atoms with van der Waals surface area (Å²) in [5.74, 6) is 0. The highest BCUT2D eigenvalue weighted by atomic mass is 32.2. The number of pyridine rings is 1. The number of benzene rings is 1. The third-order valence-corrected chi connectivity index (χ3v) is 3.70. The van der Waals surface area contributed by atoms with Crippen LogP contribution in [0.3, 0.4) is 0 Å². The molecule has 2 heterocycles. The van der Waals surface area contributed by atoms with Gasteiger partial charge in [-0.25, -0.2) is 4.98 Å². The summed E-state index contributed by atoms with van der Waals surface area (Å²) in [5.41, 5.74) is 9.70. The summed E-state index contributed by atoms with van der Waals surface area (Å²) in [4.78, 5) is 13.2. The molecule has 0 spiro atoms. The first-order valence-corrected chi connectivity index (χ1v) is 6.85. The predicted octanol–water partition coefficient (Wildman–Crippen LogP) is 2.88. The number of fused-ring (bicyclic) bond motifs is 1. The van der Waals surface area contributed by atoms with E-state index in [1.807, 2.05) is 24.4 Å². The third kappa shape index (κ3) is 2.62. The van der Waals surface area contributed by atoms with Crippen LogP contribution in [0.2, 0.25) is 0 Å². The summed E-state index contributed by atoms with van der Waals surface area (Å²) >= 11 is 1.57. The number of nitrogens with two attached hydrogens (primary N) is 1. The molecule has 3 rings (SSSR count). The molecular formula is C14H14N4S. The smallest absolute Gasteiger partial charge is 0.171 e. The van der Waals surface area contributed by atoms with Gasteiger partial charge in [0.2, 0.25) is 0 Å². The zero-order valence-electron chi connectivity index (χ0n) is 10.6. The number of aromatic nitrogens is 3. The van der Waals surface area contributed by atoms with Gasteiger partial charge in [0.1, 0.15) is 0 Å². The molecule has 0 saturated carbocycles. The van der Waals surface area contributed by atoms with E-state index in [2.05, 4.69) is 34.0 Å². The standard InChI is InChI=1S/C14H14N4S/c1-9-2-5-12-13(6-9)18-14(17-12)19-11-4-3-10(7-15)16-8-11/h2-6,8H,7,15H2,1H3,(H,17,18). The summed E-state index contributed by atoms with van der Waals surface area (Å²) in [6.07, 6.45) is 1.82. The Morgan fingerprint density at radius 2 is 2.16 bits per heavy atom. The molecule has 2 aromatic heterocycles. The van der Waals surface area contributed by atoms with Crippen molar-refractivity contribution in [1.82, 2.24) is 15.0 Å². The third-order valence-electron chi connectivity index (χ3n) is 2.84. The summed E-state index contributed by atoms with van der Waals surface area (Å²) in [7, 11) is 0. The van der Waals surface area contributed by atoms with Crippen molar-refractivity contribution in [2.45, 2.75) is 23.5 Å². The predicted molar refractivity (Wildman–Crippen MR) is 77.1 cm³/mol. The molecular weight excluding hydrogens is 256 g/mol. The zero-order valence-corrected chi connectivity index (χ0v) is 11.4. The van der Waals surface area contributed by atoms with E-state index in [1.165, 1.54) is 5.56 Å². The van der Waals surface area contributed by atoms with Gasteiger partial charge in [-0.15, -0.1) is 0 Å². The van der Waals surface area contributed by atoms with E-state index in [0.717, 1.165) is 26.8 Å². The fourth-order valence-electron chi connectivity index (χ4n) is 1.85. The highest BCUT2D eigenvalue weighted by Crippen LogP contribution is 2.26. The summed E-state index contributed by atoms with van der Waals surface area (Å²) in [5, 5.41) is 0.878. The van der Waals surface area contributed by atoms with Crippen molar-refractivity contribution < 1.29 is 0 Å². The number of rotatable bonds is 3. The van der Waals surface area contributed by atoms with E-state index in [0.29, 0.717) is 6.54 Å². The fraction of sp³-hybridized carbons (Fsp3) is 0.143. The number of imidazole rings is 1. The number of aryl methyl sites for hydroxylation is 1. The number of aromatic amines is 1. The Labute approximate surface area is 115 Å². The van der Waals surface area contributed by atoms with E-state index in [1.54, 1.807) is 11.8 Å². The quantitative estimate of drug-likeness (QED) is 0.768. The normalized spacial score (nSPS) is 11.1. The first-order valence-electron chi connectivity index (χ1n) is 6.04. The van der Waals surface area contributed by atoms with Crippen LogP contribution in [0.1, 0.15) is 11.3 Å². The van der Waals surface area contributed by atoms with Crippen LogP contribution in [0, 0.1) is 6.92 Å². The Balaban J connectivity index is 1.87. The number of hydrogen-bond donors (Lipinski definition) is 2. The van der Waals surface area contributed by atoms with E-state index >= 15 is 0 Å². The number of H-pyrrole nitrogens is 1. The second-order valence-corrected chi connectivity index (χ2v) is 5.42. The lowest BCUT2D eigenvalue weighted by atomic mass is 10.2. The molecule has 3 aromatic rings. The second-order valence-electron chi connectivity index (χ2n) is 4.35. The van der Waals surface area contributed by atoms with Crippen molar-refractivity contribution in [2.24, 2.45) is 5.73 Å². The van der Waals surface area contributed by atoms with Crippen LogP contribution in [0.25, 0.3) is 11.0 Å². The maximum Gasteiger partial charge on any atom is 0.171 e. The minimum atomic E-state index is 0.467. The van der Waals surface area contributed by atoms with Crippen molar-refractivity contribution in [3.63, 3.8) is 0 Å². The Bertz CT molecular complexity index is 703. The van der Waals surface area contributed by atoms with Crippen molar-refractivity contribution in [3.8, 4) is 0 Å². The lowest BCUT2D eigenvalue weighted by Gasteiger charge is -1.98. The molecule has 0 saturated heterocycles. The molecule has 0 atom stereocenters. The minimum absolute atomic E-state index is 0.467. The van der Waals surface area contributed by atoms with Gasteiger partial charge in [-0.2, -0.15) is 0 Å². The molecule has 3 N–H and O–H groups in total. The second kappa shape index (κ2) is 5.03. The Hall–Kier alpha value is -1.85. The molecule has 1 aromatic carbocycles. The van der Waals surface area contributed by atoms with Gasteiger partial charge in [0.25, 0.3) is 0 Å². The van der Waals surface area contributed by atoms with Crippen LogP contribution in [-0.4, -0.2) is 15.0 Å². The topological polar surface area (TPSA) is 67.6 Å². The number of nitrogens with zero attached hydrogens (tertiary/aromatic N) is 2. The molecule has 96 valence electrons. The van der Waals surface area contributed by atoms with Crippen molar-refractivity contribution in [2.75, 3.05) is 0 Å². The van der Waals surface area contributed by atoms with Gasteiger partial charge < -0.3 is 10.7 Å². The van der Waals surface area contributed by atoms with Gasteiger partial charge >= 0.3 is 0 Å². The fourth-order valence-corrected chi connectivity index (χ4v) is 2.62. The molecule has 0 aliphatic heterocycles. The highest BCUT2D eigenvalue weighted by Gasteiger charge is 2.05. The first-order chi connectivity index (χ1) is 9.24. The molecule has 0 radical (unpaired) electrons. The maximum atomic E-state index is 5.53. The van der Waals surface area contributed by atoms with E-state index in [-0.39, 0.29) is 0 Å². The molecule has 0 amide bonds. The minimum Gasteiger partial charge on any atom is -0.333 e. The van der Waals surface area contributed by atoms with E-state index in [4.69, 9.17) is 5.73 Å². The molecule has 0 aliphatic carbocycles. The Morgan fingerprint density at radius 1 is 1.26 bits per heavy atom. The van der Waals surface area contributed by atoms with Crippen molar-refractivity contribution in [1.29, 1.82) is 0 Å². The summed E-state index contributed by atoms with van der Waals surface area (Å²) in [6.45, 7) is 2.54. The van der Waals surface area contributed by atoms with E-state index < -0.39 is 0 Å². The largest absolute Gasteiger partial charge is 0.333 e. The van der Waals surface area contributed by atoms with Crippen LogP contribution in [0.5, 0.6) is 0 Å². The van der Waals surface area contributed by atoms with Crippen molar-refractivity contribution >= 4 is 22.8 Å². The average molecular weight is 270 g/mol. The molecule has 0 bridgehead atoms. The molecule has 19 heavy (non-hydrogen) atoms. The summed E-state index contributed by atoms with van der Waals surface area (Å²) in [6, 6.07) is 10.1. The number of hydrogen-bond acceptors (Lipinski definition) is 4. The van der Waals surface area contributed by atoms with Gasteiger partial charge in [0, 0.05) is 17.6 Å². The highest BCUT2D eigenvalue weighted by molar-refractivity contribution is 7.99. The Morgan fingerprint density at radius 3 is 2.89 bits per heavy atom. The van der Waals surface area contributed by atoms with Gasteiger partial charge in [0.15, 0.2) is 5.16 Å². The monoisotopic (exact) mass is 270 g/mol. The van der Waals surface area contributed by atoms with Crippen LogP contribution in [0.4, 0.5) is 0 Å². The maximum absolute atomic E-state index is 5.53. The van der Waals surface area contributed by atoms with Crippen LogP contribution < -0.4 is 5.73 Å². The first kappa shape index (κ1) is 12.2. The van der Waals surface area contributed by atoms with Crippen LogP contribution in [-0.2, 0) is 6.54 Å². The lowest BCUT2D eigenvalue weighted by molar-refractivity contribution is 0.975. The molecule has 0 aliphatic rings. The van der Waals surface area contributed by atoms with Gasteiger partial charge in [-0.1, -0.05) is 17.8 Å². The zero-order chi connectivity index (χ0) is 13.2. The van der Waals surface area contributed by atoms with Gasteiger partial charge in [-0.3, -0.25) is 4.98 Å². The SMILES string of the molecule is Cc1ccc2nc(Sc3ccc(CN)nc3)[nH]c2c1. The Kier molecular flexibility index (Phi) is 3.23. The number of nitrogens with one attached hydrogen (secondary N) is 1. The summed E-state index contributed by atoms with van der Waals surface area (Å²) < 4.78 is 0. The van der Waals surface area contributed by atoms with Crippen LogP contribution in [0.15, 0.2) is 46.6 Å². The van der Waals surface area contributed by atoms with Gasteiger partial charge in [0.05, 0.1) is 16.7 Å². The molecule has 5 heteroatoms. The molecule has 0 fully saturated rings. The molecule has 4 nitrogen and oxygen atoms in total. The van der Waals surface area contributed by atoms with Crippen molar-refractivity contribution in [3.05, 3.63) is 47.8 Å². The lowest BCUT2D eigenvalue weighted by Crippen LogP contribution is -1.98.